The molecule has 1 aliphatic heterocycles. The molecule has 1 amide bonds. The Bertz CT molecular complexity index is 1000. The number of allylic oxidation sites excluding steroid dienone is 1. The molecule has 2 aromatic rings. The van der Waals surface area contributed by atoms with Gasteiger partial charge in [0.25, 0.3) is 5.91 Å². The van der Waals surface area contributed by atoms with E-state index in [-0.39, 0.29) is 28.6 Å². The number of carbonyl (C=O) groups excluding carboxylic acids is 1. The number of para-hydroxylation sites is 1. The van der Waals surface area contributed by atoms with Crippen LogP contribution in [0.4, 0.5) is 10.1 Å². The summed E-state index contributed by atoms with van der Waals surface area (Å²) in [6, 6.07) is 12.2. The molecule has 1 aliphatic rings. The Balaban J connectivity index is 0.00000481. The molecule has 2 aromatic carbocycles. The Labute approximate surface area is 237 Å². The fraction of sp³-hybridized carbons (Fsp3) is 0.500. The lowest BCUT2D eigenvalue weighted by Crippen LogP contribution is -2.16. The number of thioether (sulfide) groups is 1. The fourth-order valence-electron chi connectivity index (χ4n) is 4.37. The maximum Gasteiger partial charge on any atom is 0.255 e. The van der Waals surface area contributed by atoms with Crippen molar-refractivity contribution in [2.75, 3.05) is 17.8 Å². The van der Waals surface area contributed by atoms with Gasteiger partial charge in [0, 0.05) is 18.3 Å². The summed E-state index contributed by atoms with van der Waals surface area (Å²) in [6.07, 6.45) is 14.5. The highest BCUT2D eigenvalue weighted by Gasteiger charge is 2.15. The van der Waals surface area contributed by atoms with E-state index in [0.717, 1.165) is 30.8 Å². The second-order valence-electron chi connectivity index (χ2n) is 9.56. The third-order valence-electron chi connectivity index (χ3n) is 6.36. The van der Waals surface area contributed by atoms with Crippen LogP contribution >= 0.6 is 28.7 Å². The van der Waals surface area contributed by atoms with Gasteiger partial charge in [0.2, 0.25) is 0 Å². The molecule has 37 heavy (non-hydrogen) atoms. The predicted octanol–water partition coefficient (Wildman–Crippen LogP) is 9.32. The summed E-state index contributed by atoms with van der Waals surface area (Å²) in [6.45, 7) is 5.53. The van der Waals surface area contributed by atoms with Crippen LogP contribution in [0.15, 0.2) is 53.6 Å². The first-order chi connectivity index (χ1) is 17.6. The van der Waals surface area contributed by atoms with E-state index < -0.39 is 5.82 Å². The molecular formula is C30H42BrFN2O2S. The van der Waals surface area contributed by atoms with Gasteiger partial charge in [-0.2, -0.15) is 0 Å². The molecule has 0 spiro atoms. The topological polar surface area (TPSA) is 41.6 Å². The van der Waals surface area contributed by atoms with Crippen LogP contribution in [0.25, 0.3) is 0 Å². The second-order valence-corrected chi connectivity index (χ2v) is 10.8. The van der Waals surface area contributed by atoms with Gasteiger partial charge < -0.3 is 15.0 Å². The van der Waals surface area contributed by atoms with Crippen LogP contribution < -0.4 is 10.1 Å². The molecule has 0 aliphatic carbocycles. The smallest absolute Gasteiger partial charge is 0.255 e. The van der Waals surface area contributed by atoms with Gasteiger partial charge in [0.05, 0.1) is 18.2 Å². The number of amides is 1. The Kier molecular flexibility index (Phi) is 14.8. The molecule has 0 atom stereocenters. The van der Waals surface area contributed by atoms with Crippen molar-refractivity contribution < 1.29 is 13.9 Å². The fourth-order valence-corrected chi connectivity index (χ4v) is 5.12. The summed E-state index contributed by atoms with van der Waals surface area (Å²) in [7, 11) is 0. The summed E-state index contributed by atoms with van der Waals surface area (Å²) >= 11 is 1.81. The minimum Gasteiger partial charge on any atom is -0.488 e. The zero-order valence-electron chi connectivity index (χ0n) is 22.3. The van der Waals surface area contributed by atoms with Crippen molar-refractivity contribution in [3.05, 3.63) is 70.5 Å². The first kappa shape index (κ1) is 31.2. The van der Waals surface area contributed by atoms with Crippen LogP contribution in [-0.4, -0.2) is 23.3 Å². The van der Waals surface area contributed by atoms with Crippen molar-refractivity contribution in [3.8, 4) is 5.75 Å². The van der Waals surface area contributed by atoms with Crippen LogP contribution in [0.1, 0.15) is 94.0 Å². The van der Waals surface area contributed by atoms with Crippen molar-refractivity contribution in [1.29, 1.82) is 0 Å². The minimum atomic E-state index is -0.456. The lowest BCUT2D eigenvalue weighted by atomic mass is 10.1. The molecule has 0 unspecified atom stereocenters. The van der Waals surface area contributed by atoms with E-state index >= 15 is 0 Å². The summed E-state index contributed by atoms with van der Waals surface area (Å²) in [5.41, 5.74) is 1.97. The first-order valence-electron chi connectivity index (χ1n) is 13.4. The Hall–Kier alpha value is -1.99. The highest BCUT2D eigenvalue weighted by atomic mass is 79.9. The lowest BCUT2D eigenvalue weighted by Gasteiger charge is -2.16. The van der Waals surface area contributed by atoms with Crippen LogP contribution in [0.3, 0.4) is 0 Å². The number of nitrogens with one attached hydrogen (secondary N) is 1. The number of hydrogen-bond donors (Lipinski definition) is 1. The molecule has 0 aromatic heterocycles. The summed E-state index contributed by atoms with van der Waals surface area (Å²) < 4.78 is 20.3. The molecule has 7 heteroatoms. The van der Waals surface area contributed by atoms with Gasteiger partial charge in [-0.05, 0) is 48.1 Å². The molecule has 0 radical (unpaired) electrons. The van der Waals surface area contributed by atoms with Crippen molar-refractivity contribution in [2.24, 2.45) is 0 Å². The number of rotatable bonds is 16. The Morgan fingerprint density at radius 1 is 1.00 bits per heavy atom. The molecule has 0 bridgehead atoms. The largest absolute Gasteiger partial charge is 0.488 e. The van der Waals surface area contributed by atoms with E-state index in [1.807, 2.05) is 30.0 Å². The number of halogens is 2. The summed E-state index contributed by atoms with van der Waals surface area (Å²) in [5, 5.41) is 2.85. The van der Waals surface area contributed by atoms with Crippen LogP contribution in [0, 0.1) is 5.82 Å². The molecule has 1 N–H and O–H groups in total. The molecule has 204 valence electrons. The van der Waals surface area contributed by atoms with E-state index in [4.69, 9.17) is 4.74 Å². The maximum atomic E-state index is 14.5. The number of benzene rings is 2. The summed E-state index contributed by atoms with van der Waals surface area (Å²) in [4.78, 5) is 16.5. The van der Waals surface area contributed by atoms with Crippen molar-refractivity contribution in [1.82, 2.24) is 4.90 Å². The van der Waals surface area contributed by atoms with Gasteiger partial charge in [-0.15, -0.1) is 28.7 Å². The number of unbranched alkanes of at least 4 members (excludes halogenated alkanes) is 9. The van der Waals surface area contributed by atoms with Crippen molar-refractivity contribution in [2.45, 2.75) is 84.6 Å². The van der Waals surface area contributed by atoms with E-state index in [1.165, 1.54) is 62.3 Å². The highest BCUT2D eigenvalue weighted by Crippen LogP contribution is 2.29. The van der Waals surface area contributed by atoms with Gasteiger partial charge in [0.1, 0.15) is 0 Å². The standard InChI is InChI=1S/C30H41FN2O2S.BrH/c1-3-4-5-6-7-8-9-10-11-12-19-35-29-27(31)17-14-18-28(29)32-30(34)26-16-13-15-25(20-26)22-33-21-24(2)36-23-33;/h13-18,20-21H,3-12,19,22-23H2,1-2H3,(H,32,34);1H. The quantitative estimate of drug-likeness (QED) is 0.197. The predicted molar refractivity (Wildman–Crippen MR) is 160 cm³/mol. The minimum absolute atomic E-state index is 0. The molecular weight excluding hydrogens is 551 g/mol. The molecule has 3 rings (SSSR count). The molecule has 0 fully saturated rings. The van der Waals surface area contributed by atoms with E-state index in [9.17, 15) is 9.18 Å². The SMILES string of the molecule is Br.CCCCCCCCCCCCOc1c(F)cccc1NC(=O)c1cccc(CN2C=C(C)SC2)c1. The van der Waals surface area contributed by atoms with E-state index in [0.29, 0.717) is 17.9 Å². The molecule has 0 saturated heterocycles. The number of ether oxygens (including phenoxy) is 1. The van der Waals surface area contributed by atoms with E-state index in [2.05, 4.69) is 30.3 Å². The first-order valence-corrected chi connectivity index (χ1v) is 14.4. The highest BCUT2D eigenvalue weighted by molar-refractivity contribution is 8.93. The van der Waals surface area contributed by atoms with Gasteiger partial charge in [0.15, 0.2) is 11.6 Å². The van der Waals surface area contributed by atoms with Crippen LogP contribution in [-0.2, 0) is 6.54 Å². The van der Waals surface area contributed by atoms with Gasteiger partial charge >= 0.3 is 0 Å². The Morgan fingerprint density at radius 3 is 2.35 bits per heavy atom. The summed E-state index contributed by atoms with van der Waals surface area (Å²) in [5.74, 6) is 0.314. The zero-order valence-corrected chi connectivity index (χ0v) is 24.8. The number of hydrogen-bond acceptors (Lipinski definition) is 4. The normalized spacial score (nSPS) is 12.7. The van der Waals surface area contributed by atoms with Gasteiger partial charge in [-0.25, -0.2) is 4.39 Å². The lowest BCUT2D eigenvalue weighted by molar-refractivity contribution is 0.102. The third kappa shape index (κ3) is 11.1. The Morgan fingerprint density at radius 2 is 1.68 bits per heavy atom. The average molecular weight is 594 g/mol. The average Bonchev–Trinajstić information content (AvgIpc) is 3.28. The third-order valence-corrected chi connectivity index (χ3v) is 7.38. The van der Waals surface area contributed by atoms with Crippen LogP contribution in [0.2, 0.25) is 0 Å². The monoisotopic (exact) mass is 592 g/mol. The van der Waals surface area contributed by atoms with Crippen LogP contribution in [0.5, 0.6) is 5.75 Å². The maximum absolute atomic E-state index is 14.5. The number of anilines is 1. The van der Waals surface area contributed by atoms with Crippen molar-refractivity contribution in [3.63, 3.8) is 0 Å². The molecule has 1 heterocycles. The molecule has 0 saturated carbocycles. The second kappa shape index (κ2) is 17.5. The van der Waals surface area contributed by atoms with Crippen molar-refractivity contribution >= 4 is 40.3 Å². The zero-order chi connectivity index (χ0) is 25.6. The number of carbonyl (C=O) groups is 1. The van der Waals surface area contributed by atoms with Gasteiger partial charge in [-0.1, -0.05) is 82.9 Å². The van der Waals surface area contributed by atoms with E-state index in [1.54, 1.807) is 18.2 Å². The molecule has 4 nitrogen and oxygen atoms in total. The number of nitrogens with zero attached hydrogens (tertiary/aromatic N) is 1. The van der Waals surface area contributed by atoms with Gasteiger partial charge in [-0.3, -0.25) is 4.79 Å².